The number of alkyl halides is 1. The van der Waals surface area contributed by atoms with Crippen LogP contribution in [-0.4, -0.2) is 13.2 Å². The molecule has 2 nitrogen and oxygen atoms in total. The maximum Gasteiger partial charge on any atom is 0.133 e. The van der Waals surface area contributed by atoms with Crippen LogP contribution in [0.2, 0.25) is 0 Å². The van der Waals surface area contributed by atoms with Gasteiger partial charge in [-0.3, -0.25) is 0 Å². The zero-order valence-corrected chi connectivity index (χ0v) is 20.8. The van der Waals surface area contributed by atoms with E-state index in [0.717, 1.165) is 17.7 Å². The van der Waals surface area contributed by atoms with Gasteiger partial charge in [-0.05, 0) is 67.0 Å². The number of ether oxygens (including phenoxy) is 2. The van der Waals surface area contributed by atoms with E-state index in [1.165, 1.54) is 16.7 Å². The van der Waals surface area contributed by atoms with Crippen LogP contribution in [0.5, 0.6) is 5.75 Å². The Morgan fingerprint density at radius 1 is 0.900 bits per heavy atom. The molecule has 30 heavy (non-hydrogen) atoms. The van der Waals surface area contributed by atoms with Gasteiger partial charge in [-0.15, -0.1) is 11.6 Å². The first-order valence-corrected chi connectivity index (χ1v) is 11.5. The average Bonchev–Trinajstić information content (AvgIpc) is 2.66. The molecule has 0 heterocycles. The quantitative estimate of drug-likeness (QED) is 0.377. The molecule has 0 aliphatic carbocycles. The fourth-order valence-corrected chi connectivity index (χ4v) is 5.10. The first-order valence-electron chi connectivity index (χ1n) is 10.9. The minimum absolute atomic E-state index is 0.136. The standard InChI is InChI=1S/C27H39ClO2/c1-9-30-27(26(7,8)18-25(4,5)6,19-29-23-13-11-10-12-14-23)24-21(3)20(2)15-16-22(24)17-28/h10-16H,9,17-19H2,1-8H3. The molecule has 2 rings (SSSR count). The second kappa shape index (κ2) is 9.75. The highest BCUT2D eigenvalue weighted by molar-refractivity contribution is 6.17. The minimum Gasteiger partial charge on any atom is -0.490 e. The normalized spacial score (nSPS) is 14.4. The van der Waals surface area contributed by atoms with Gasteiger partial charge in [0.2, 0.25) is 0 Å². The van der Waals surface area contributed by atoms with Crippen LogP contribution in [0.25, 0.3) is 0 Å². The maximum atomic E-state index is 6.74. The molecule has 0 spiro atoms. The maximum absolute atomic E-state index is 6.74. The van der Waals surface area contributed by atoms with Crippen molar-refractivity contribution < 1.29 is 9.47 Å². The SMILES string of the molecule is CCOC(COc1ccccc1)(c1c(CCl)ccc(C)c1C)C(C)(C)CC(C)(C)C. The molecule has 2 aromatic rings. The predicted molar refractivity (Wildman–Crippen MR) is 129 cm³/mol. The van der Waals surface area contributed by atoms with Gasteiger partial charge >= 0.3 is 0 Å². The second-order valence-corrected chi connectivity index (χ2v) is 10.4. The highest BCUT2D eigenvalue weighted by atomic mass is 35.5. The molecular formula is C27H39ClO2. The molecule has 0 fully saturated rings. The second-order valence-electron chi connectivity index (χ2n) is 10.2. The molecule has 0 saturated carbocycles. The molecule has 0 amide bonds. The summed E-state index contributed by atoms with van der Waals surface area (Å²) in [6, 6.07) is 14.3. The number of para-hydroxylation sites is 1. The van der Waals surface area contributed by atoms with E-state index in [1.54, 1.807) is 0 Å². The van der Waals surface area contributed by atoms with E-state index in [9.17, 15) is 0 Å². The van der Waals surface area contributed by atoms with Gasteiger partial charge in [-0.1, -0.05) is 65.0 Å². The Labute approximate surface area is 188 Å². The van der Waals surface area contributed by atoms with Gasteiger partial charge in [0, 0.05) is 17.9 Å². The van der Waals surface area contributed by atoms with Gasteiger partial charge in [0.1, 0.15) is 18.0 Å². The Morgan fingerprint density at radius 3 is 2.07 bits per heavy atom. The topological polar surface area (TPSA) is 18.5 Å². The van der Waals surface area contributed by atoms with Gasteiger partial charge in [0.05, 0.1) is 0 Å². The zero-order chi connectivity index (χ0) is 22.6. The lowest BCUT2D eigenvalue weighted by Gasteiger charge is -2.50. The monoisotopic (exact) mass is 430 g/mol. The summed E-state index contributed by atoms with van der Waals surface area (Å²) in [5.41, 5.74) is 4.09. The van der Waals surface area contributed by atoms with E-state index in [0.29, 0.717) is 19.1 Å². The van der Waals surface area contributed by atoms with Crippen molar-refractivity contribution in [3.8, 4) is 5.75 Å². The third-order valence-electron chi connectivity index (χ3n) is 6.01. The van der Waals surface area contributed by atoms with E-state index in [1.807, 2.05) is 30.3 Å². The van der Waals surface area contributed by atoms with E-state index < -0.39 is 5.60 Å². The van der Waals surface area contributed by atoms with Gasteiger partial charge in [-0.25, -0.2) is 0 Å². The van der Waals surface area contributed by atoms with Crippen LogP contribution in [0.3, 0.4) is 0 Å². The van der Waals surface area contributed by atoms with Crippen molar-refractivity contribution in [1.82, 2.24) is 0 Å². The van der Waals surface area contributed by atoms with E-state index in [2.05, 4.69) is 67.5 Å². The number of aryl methyl sites for hydroxylation is 1. The Balaban J connectivity index is 2.73. The van der Waals surface area contributed by atoms with Gasteiger partial charge in [0.25, 0.3) is 0 Å². The zero-order valence-electron chi connectivity index (χ0n) is 20.1. The lowest BCUT2D eigenvalue weighted by atomic mass is 9.62. The van der Waals surface area contributed by atoms with Crippen LogP contribution >= 0.6 is 11.6 Å². The van der Waals surface area contributed by atoms with Crippen LogP contribution in [0.1, 0.15) is 70.2 Å². The lowest BCUT2D eigenvalue weighted by molar-refractivity contribution is -0.160. The summed E-state index contributed by atoms with van der Waals surface area (Å²) < 4.78 is 13.1. The van der Waals surface area contributed by atoms with Crippen molar-refractivity contribution in [2.24, 2.45) is 10.8 Å². The van der Waals surface area contributed by atoms with E-state index in [-0.39, 0.29) is 10.8 Å². The van der Waals surface area contributed by atoms with Crippen molar-refractivity contribution in [2.45, 2.75) is 73.3 Å². The molecule has 166 valence electrons. The summed E-state index contributed by atoms with van der Waals surface area (Å²) in [5, 5.41) is 0. The molecule has 1 atom stereocenters. The predicted octanol–water partition coefficient (Wildman–Crippen LogP) is 7.82. The fraction of sp³-hybridized carbons (Fsp3) is 0.556. The van der Waals surface area contributed by atoms with E-state index >= 15 is 0 Å². The molecule has 3 heteroatoms. The van der Waals surface area contributed by atoms with Crippen molar-refractivity contribution in [2.75, 3.05) is 13.2 Å². The number of hydrogen-bond acceptors (Lipinski definition) is 2. The average molecular weight is 431 g/mol. The molecule has 1 unspecified atom stereocenters. The molecule has 0 aromatic heterocycles. The van der Waals surface area contributed by atoms with E-state index in [4.69, 9.17) is 21.1 Å². The fourth-order valence-electron chi connectivity index (χ4n) is 4.88. The van der Waals surface area contributed by atoms with Crippen LogP contribution in [-0.2, 0) is 16.2 Å². The Hall–Kier alpha value is -1.51. The summed E-state index contributed by atoms with van der Waals surface area (Å²) in [6.45, 7) is 18.9. The molecule has 2 aromatic carbocycles. The first kappa shape index (κ1) is 24.8. The molecule has 0 radical (unpaired) electrons. The van der Waals surface area contributed by atoms with Crippen molar-refractivity contribution in [3.05, 3.63) is 64.7 Å². The number of benzene rings is 2. The number of rotatable bonds is 9. The Bertz CT molecular complexity index is 821. The van der Waals surface area contributed by atoms with Crippen LogP contribution < -0.4 is 4.74 Å². The van der Waals surface area contributed by atoms with Crippen LogP contribution in [0, 0.1) is 24.7 Å². The molecule has 0 N–H and O–H groups in total. The van der Waals surface area contributed by atoms with Gasteiger partial charge in [-0.2, -0.15) is 0 Å². The van der Waals surface area contributed by atoms with Crippen molar-refractivity contribution in [1.29, 1.82) is 0 Å². The van der Waals surface area contributed by atoms with Crippen LogP contribution in [0.4, 0.5) is 0 Å². The largest absolute Gasteiger partial charge is 0.490 e. The molecule has 0 aliphatic rings. The summed E-state index contributed by atoms with van der Waals surface area (Å²) in [7, 11) is 0. The minimum atomic E-state index is -0.634. The molecule has 0 saturated heterocycles. The summed E-state index contributed by atoms with van der Waals surface area (Å²) in [5.74, 6) is 1.30. The molecule has 0 aliphatic heterocycles. The third kappa shape index (κ3) is 5.39. The number of hydrogen-bond donors (Lipinski definition) is 0. The summed E-state index contributed by atoms with van der Waals surface area (Å²) >= 11 is 6.47. The van der Waals surface area contributed by atoms with Crippen molar-refractivity contribution in [3.63, 3.8) is 0 Å². The highest BCUT2D eigenvalue weighted by Gasteiger charge is 2.51. The molecule has 0 bridgehead atoms. The first-order chi connectivity index (χ1) is 14.0. The lowest BCUT2D eigenvalue weighted by Crippen LogP contribution is -2.51. The Kier molecular flexibility index (Phi) is 8.04. The van der Waals surface area contributed by atoms with Crippen molar-refractivity contribution >= 4 is 11.6 Å². The highest BCUT2D eigenvalue weighted by Crippen LogP contribution is 2.51. The third-order valence-corrected chi connectivity index (χ3v) is 6.30. The molecular weight excluding hydrogens is 392 g/mol. The number of halogens is 1. The van der Waals surface area contributed by atoms with Gasteiger partial charge in [0.15, 0.2) is 0 Å². The summed E-state index contributed by atoms with van der Waals surface area (Å²) in [6.07, 6.45) is 0.979. The smallest absolute Gasteiger partial charge is 0.133 e. The Morgan fingerprint density at radius 2 is 1.53 bits per heavy atom. The van der Waals surface area contributed by atoms with Gasteiger partial charge < -0.3 is 9.47 Å². The summed E-state index contributed by atoms with van der Waals surface area (Å²) in [4.78, 5) is 0. The van der Waals surface area contributed by atoms with Crippen LogP contribution in [0.15, 0.2) is 42.5 Å².